The molecule has 4 rings (SSSR count). The van der Waals surface area contributed by atoms with Gasteiger partial charge in [-0.1, -0.05) is 31.6 Å². The lowest BCUT2D eigenvalue weighted by Crippen LogP contribution is -2.51. The Bertz CT molecular complexity index is 737. The normalized spacial score (nSPS) is 43.9. The van der Waals surface area contributed by atoms with Crippen molar-refractivity contribution in [3.8, 4) is 0 Å². The third-order valence-electron chi connectivity index (χ3n) is 9.12. The van der Waals surface area contributed by atoms with Crippen molar-refractivity contribution in [3.63, 3.8) is 0 Å². The highest BCUT2D eigenvalue weighted by Gasteiger charge is 2.59. The molecular weight excluding hydrogens is 364 g/mol. The minimum Gasteiger partial charge on any atom is -0.462 e. The molecule has 0 aromatic heterocycles. The summed E-state index contributed by atoms with van der Waals surface area (Å²) in [6.45, 7) is 6.25. The summed E-state index contributed by atoms with van der Waals surface area (Å²) in [5, 5.41) is 9.04. The molecule has 0 amide bonds. The molecule has 0 aromatic rings. The molecule has 7 atom stereocenters. The minimum absolute atomic E-state index is 0.0454. The highest BCUT2D eigenvalue weighted by Crippen LogP contribution is 2.66. The number of rotatable bonds is 4. The van der Waals surface area contributed by atoms with Crippen LogP contribution in [-0.4, -0.2) is 29.6 Å². The summed E-state index contributed by atoms with van der Waals surface area (Å²) >= 11 is 0. The Morgan fingerprint density at radius 1 is 1.17 bits per heavy atom. The lowest BCUT2D eigenvalue weighted by atomic mass is 9.47. The molecule has 0 bridgehead atoms. The van der Waals surface area contributed by atoms with Gasteiger partial charge in [0.1, 0.15) is 6.10 Å². The third-order valence-corrected chi connectivity index (χ3v) is 9.12. The maximum absolute atomic E-state index is 12.8. The van der Waals surface area contributed by atoms with E-state index in [0.717, 1.165) is 44.9 Å². The highest BCUT2D eigenvalue weighted by molar-refractivity contribution is 5.92. The van der Waals surface area contributed by atoms with E-state index in [1.54, 1.807) is 12.2 Å². The lowest BCUT2D eigenvalue weighted by molar-refractivity contribution is -0.149. The zero-order chi connectivity index (χ0) is 20.8. The van der Waals surface area contributed by atoms with E-state index in [1.807, 2.05) is 0 Å². The Morgan fingerprint density at radius 3 is 2.69 bits per heavy atom. The second-order valence-corrected chi connectivity index (χ2v) is 10.4. The summed E-state index contributed by atoms with van der Waals surface area (Å²) in [4.78, 5) is 24.2. The van der Waals surface area contributed by atoms with E-state index in [2.05, 4.69) is 19.9 Å². The van der Waals surface area contributed by atoms with Crippen molar-refractivity contribution >= 4 is 11.8 Å². The van der Waals surface area contributed by atoms with Gasteiger partial charge in [0.25, 0.3) is 0 Å². The van der Waals surface area contributed by atoms with E-state index < -0.39 is 0 Å². The minimum atomic E-state index is -0.168. The van der Waals surface area contributed by atoms with Gasteiger partial charge in [-0.25, -0.2) is 0 Å². The largest absolute Gasteiger partial charge is 0.462 e. The van der Waals surface area contributed by atoms with Gasteiger partial charge in [-0.05, 0) is 79.6 Å². The van der Waals surface area contributed by atoms with Crippen LogP contribution in [0.2, 0.25) is 0 Å². The topological polar surface area (TPSA) is 63.6 Å². The van der Waals surface area contributed by atoms with E-state index >= 15 is 0 Å². The maximum atomic E-state index is 12.8. The van der Waals surface area contributed by atoms with E-state index in [0.29, 0.717) is 17.8 Å². The summed E-state index contributed by atoms with van der Waals surface area (Å²) < 4.78 is 5.54. The quantitative estimate of drug-likeness (QED) is 0.425. The van der Waals surface area contributed by atoms with Gasteiger partial charge in [0.2, 0.25) is 0 Å². The van der Waals surface area contributed by atoms with Gasteiger partial charge in [0.15, 0.2) is 5.78 Å². The molecule has 4 heteroatoms. The van der Waals surface area contributed by atoms with E-state index in [4.69, 9.17) is 9.84 Å². The fourth-order valence-electron chi connectivity index (χ4n) is 7.72. The molecule has 0 aromatic carbocycles. The Hall–Kier alpha value is -1.42. The number of hydrogen-bond donors (Lipinski definition) is 1. The molecule has 29 heavy (non-hydrogen) atoms. The van der Waals surface area contributed by atoms with Gasteiger partial charge < -0.3 is 9.84 Å². The number of fused-ring (bicyclic) bond motifs is 5. The molecule has 0 aliphatic heterocycles. The average Bonchev–Trinajstić information content (AvgIpc) is 3.03. The summed E-state index contributed by atoms with van der Waals surface area (Å²) in [7, 11) is 0. The fourth-order valence-corrected chi connectivity index (χ4v) is 7.72. The summed E-state index contributed by atoms with van der Waals surface area (Å²) in [5.74, 6) is 2.10. The zero-order valence-corrected chi connectivity index (χ0v) is 18.2. The van der Waals surface area contributed by atoms with Crippen molar-refractivity contribution in [3.05, 3.63) is 23.8 Å². The second kappa shape index (κ2) is 7.68. The molecule has 0 heterocycles. The van der Waals surface area contributed by atoms with Crippen molar-refractivity contribution in [1.29, 1.82) is 0 Å². The number of carbonyl (C=O) groups excluding carboxylic acids is 2. The Balaban J connectivity index is 1.55. The maximum Gasteiger partial charge on any atom is 0.302 e. The molecule has 4 aliphatic carbocycles. The van der Waals surface area contributed by atoms with Crippen LogP contribution in [0, 0.1) is 34.5 Å². The predicted octanol–water partition coefficient (Wildman–Crippen LogP) is 4.61. The van der Waals surface area contributed by atoms with Crippen molar-refractivity contribution in [2.45, 2.75) is 78.2 Å². The molecule has 0 unspecified atom stereocenters. The first-order chi connectivity index (χ1) is 13.8. The smallest absolute Gasteiger partial charge is 0.302 e. The van der Waals surface area contributed by atoms with Crippen molar-refractivity contribution in [2.24, 2.45) is 34.5 Å². The Kier molecular flexibility index (Phi) is 5.52. The summed E-state index contributed by atoms with van der Waals surface area (Å²) in [6, 6.07) is 0. The molecule has 160 valence electrons. The molecule has 0 saturated heterocycles. The molecule has 4 nitrogen and oxygen atoms in total. The van der Waals surface area contributed by atoms with Gasteiger partial charge in [-0.2, -0.15) is 0 Å². The fraction of sp³-hybridized carbons (Fsp3) is 0.760. The molecular formula is C25H36O4. The SMILES string of the molecule is CC(=O)O[C@H]1CC[C@@]2(C)C(=CC[C@H]3[C@@H]4CC[C@H](C(=O)/C=C\CO)[C@@]4(C)CC[C@@H]32)C1. The van der Waals surface area contributed by atoms with Crippen LogP contribution in [0.4, 0.5) is 0 Å². The standard InChI is InChI=1S/C25H36O4/c1-16(27)29-18-10-12-24(2)17(15-18)6-7-19-20-8-9-22(23(28)5-4-14-26)25(20,3)13-11-21(19)24/h4-6,18-22,26H,7-15H2,1-3H3/b5-4-/t18-,19-,20-,21-,22+,24-,25-/m0/s1. The van der Waals surface area contributed by atoms with Gasteiger partial charge >= 0.3 is 5.97 Å². The van der Waals surface area contributed by atoms with Crippen LogP contribution >= 0.6 is 0 Å². The molecule has 1 N–H and O–H groups in total. The first-order valence-electron chi connectivity index (χ1n) is 11.5. The van der Waals surface area contributed by atoms with E-state index in [-0.39, 0.29) is 41.2 Å². The highest BCUT2D eigenvalue weighted by atomic mass is 16.5. The monoisotopic (exact) mass is 400 g/mol. The second-order valence-electron chi connectivity index (χ2n) is 10.4. The Morgan fingerprint density at radius 2 is 1.97 bits per heavy atom. The van der Waals surface area contributed by atoms with E-state index in [1.165, 1.54) is 18.9 Å². The predicted molar refractivity (Wildman–Crippen MR) is 112 cm³/mol. The van der Waals surface area contributed by atoms with Crippen LogP contribution in [-0.2, 0) is 14.3 Å². The van der Waals surface area contributed by atoms with Crippen LogP contribution in [0.3, 0.4) is 0 Å². The molecule has 3 saturated carbocycles. The van der Waals surface area contributed by atoms with Crippen molar-refractivity contribution in [2.75, 3.05) is 6.61 Å². The zero-order valence-electron chi connectivity index (χ0n) is 18.2. The third kappa shape index (κ3) is 3.41. The molecule has 3 fully saturated rings. The first-order valence-corrected chi connectivity index (χ1v) is 11.5. The number of hydrogen-bond acceptors (Lipinski definition) is 4. The van der Waals surface area contributed by atoms with Crippen LogP contribution in [0.15, 0.2) is 23.8 Å². The number of ether oxygens (including phenoxy) is 1. The summed E-state index contributed by atoms with van der Waals surface area (Å²) in [5.41, 5.74) is 1.82. The first kappa shape index (κ1) is 20.8. The van der Waals surface area contributed by atoms with Gasteiger partial charge in [-0.3, -0.25) is 9.59 Å². The summed E-state index contributed by atoms with van der Waals surface area (Å²) in [6.07, 6.45) is 14.2. The van der Waals surface area contributed by atoms with Crippen molar-refractivity contribution < 1.29 is 19.4 Å². The number of allylic oxidation sites excluding steroid dienone is 2. The lowest BCUT2D eigenvalue weighted by Gasteiger charge is -2.58. The molecule has 0 radical (unpaired) electrons. The van der Waals surface area contributed by atoms with Crippen LogP contribution in [0.5, 0.6) is 0 Å². The van der Waals surface area contributed by atoms with Gasteiger partial charge in [-0.15, -0.1) is 0 Å². The average molecular weight is 401 g/mol. The number of esters is 1. The number of aliphatic hydroxyl groups excluding tert-OH is 1. The van der Waals surface area contributed by atoms with E-state index in [9.17, 15) is 9.59 Å². The Labute approximate surface area is 174 Å². The molecule has 0 spiro atoms. The van der Waals surface area contributed by atoms with Crippen molar-refractivity contribution in [1.82, 2.24) is 0 Å². The van der Waals surface area contributed by atoms with Crippen LogP contribution < -0.4 is 0 Å². The molecule has 4 aliphatic rings. The van der Waals surface area contributed by atoms with Crippen LogP contribution in [0.25, 0.3) is 0 Å². The van der Waals surface area contributed by atoms with Crippen LogP contribution in [0.1, 0.15) is 72.1 Å². The van der Waals surface area contributed by atoms with Gasteiger partial charge in [0.05, 0.1) is 6.61 Å². The van der Waals surface area contributed by atoms with Gasteiger partial charge in [0, 0.05) is 19.3 Å². The number of aliphatic hydroxyl groups is 1. The number of carbonyl (C=O) groups is 2. The number of ketones is 1.